The first kappa shape index (κ1) is 16.8. The quantitative estimate of drug-likeness (QED) is 0.765. The van der Waals surface area contributed by atoms with Gasteiger partial charge in [-0.1, -0.05) is 11.6 Å². The van der Waals surface area contributed by atoms with Crippen LogP contribution in [0.1, 0.15) is 5.69 Å². The molecule has 26 heavy (non-hydrogen) atoms. The number of H-pyrrole nitrogens is 1. The van der Waals surface area contributed by atoms with Crippen LogP contribution in [0.2, 0.25) is 5.02 Å². The lowest BCUT2D eigenvalue weighted by atomic mass is 10.2. The average molecular weight is 372 g/mol. The van der Waals surface area contributed by atoms with Crippen molar-refractivity contribution in [2.24, 2.45) is 0 Å². The Hall–Kier alpha value is -2.64. The van der Waals surface area contributed by atoms with Crippen LogP contribution in [-0.4, -0.2) is 46.1 Å². The predicted molar refractivity (Wildman–Crippen MR) is 100 cm³/mol. The number of aryl methyl sites for hydroxylation is 1. The Morgan fingerprint density at radius 3 is 2.62 bits per heavy atom. The molecule has 0 unspecified atom stereocenters. The van der Waals surface area contributed by atoms with Crippen LogP contribution in [0.25, 0.3) is 16.9 Å². The van der Waals surface area contributed by atoms with Gasteiger partial charge in [-0.25, -0.2) is 14.6 Å². The van der Waals surface area contributed by atoms with Crippen LogP contribution < -0.4 is 10.5 Å². The molecule has 1 aromatic carbocycles. The molecule has 1 saturated heterocycles. The van der Waals surface area contributed by atoms with Gasteiger partial charge in [-0.3, -0.25) is 9.89 Å². The fourth-order valence-corrected chi connectivity index (χ4v) is 3.08. The molecule has 0 bridgehead atoms. The van der Waals surface area contributed by atoms with Crippen molar-refractivity contribution in [1.82, 2.24) is 19.7 Å². The molecule has 1 aliphatic rings. The maximum absolute atomic E-state index is 12.4. The van der Waals surface area contributed by atoms with Gasteiger partial charge in [0.2, 0.25) is 5.95 Å². The first-order valence-electron chi connectivity index (χ1n) is 8.36. The molecule has 0 spiro atoms. The molecule has 1 N–H and O–H groups in total. The number of nitrogens with one attached hydrogen (secondary N) is 1. The van der Waals surface area contributed by atoms with Crippen LogP contribution in [0.4, 0.5) is 5.95 Å². The molecular formula is C18H18ClN5O2. The predicted octanol–water partition coefficient (Wildman–Crippen LogP) is 2.42. The van der Waals surface area contributed by atoms with E-state index in [9.17, 15) is 4.79 Å². The van der Waals surface area contributed by atoms with Crippen molar-refractivity contribution in [3.05, 3.63) is 57.6 Å². The van der Waals surface area contributed by atoms with E-state index in [4.69, 9.17) is 16.3 Å². The minimum atomic E-state index is -0.154. The van der Waals surface area contributed by atoms with Crippen molar-refractivity contribution < 1.29 is 4.74 Å². The zero-order valence-corrected chi connectivity index (χ0v) is 15.0. The summed E-state index contributed by atoms with van der Waals surface area (Å²) in [4.78, 5) is 23.5. The first-order chi connectivity index (χ1) is 12.6. The van der Waals surface area contributed by atoms with Gasteiger partial charge in [-0.05, 0) is 31.2 Å². The summed E-state index contributed by atoms with van der Waals surface area (Å²) in [5, 5.41) is 3.74. The Balaban J connectivity index is 1.66. The molecular weight excluding hydrogens is 354 g/mol. The van der Waals surface area contributed by atoms with Gasteiger partial charge >= 0.3 is 0 Å². The SMILES string of the molecule is Cc1nc(N2CCOCC2)ncc1-c1cc(=O)n(-c2ccc(Cl)cc2)[nH]1. The third-order valence-electron chi connectivity index (χ3n) is 4.36. The fraction of sp³-hybridized carbons (Fsp3) is 0.278. The van der Waals surface area contributed by atoms with E-state index in [1.165, 1.54) is 4.68 Å². The third kappa shape index (κ3) is 3.23. The van der Waals surface area contributed by atoms with Gasteiger partial charge in [0, 0.05) is 35.9 Å². The Bertz CT molecular complexity index is 974. The molecule has 7 nitrogen and oxygen atoms in total. The van der Waals surface area contributed by atoms with Gasteiger partial charge in [0.1, 0.15) is 0 Å². The second kappa shape index (κ2) is 6.93. The molecule has 0 atom stereocenters. The van der Waals surface area contributed by atoms with Gasteiger partial charge in [0.25, 0.3) is 5.56 Å². The van der Waals surface area contributed by atoms with E-state index < -0.39 is 0 Å². The number of aromatic amines is 1. The largest absolute Gasteiger partial charge is 0.378 e. The highest BCUT2D eigenvalue weighted by molar-refractivity contribution is 6.30. The average Bonchev–Trinajstić information content (AvgIpc) is 3.04. The summed E-state index contributed by atoms with van der Waals surface area (Å²) in [6, 6.07) is 8.61. The molecule has 0 amide bonds. The Labute approximate surface area is 155 Å². The molecule has 1 fully saturated rings. The van der Waals surface area contributed by atoms with Crippen LogP contribution in [0, 0.1) is 6.92 Å². The van der Waals surface area contributed by atoms with Gasteiger partial charge in [-0.15, -0.1) is 0 Å². The van der Waals surface area contributed by atoms with E-state index in [0.29, 0.717) is 35.6 Å². The minimum Gasteiger partial charge on any atom is -0.378 e. The molecule has 1 aliphatic heterocycles. The van der Waals surface area contributed by atoms with Crippen LogP contribution in [0.5, 0.6) is 0 Å². The van der Waals surface area contributed by atoms with E-state index >= 15 is 0 Å². The highest BCUT2D eigenvalue weighted by Gasteiger charge is 2.16. The van der Waals surface area contributed by atoms with Crippen LogP contribution in [0.3, 0.4) is 0 Å². The number of morpholine rings is 1. The number of aromatic nitrogens is 4. The Morgan fingerprint density at radius 1 is 1.19 bits per heavy atom. The van der Waals surface area contributed by atoms with Crippen LogP contribution >= 0.6 is 11.6 Å². The normalized spacial score (nSPS) is 14.6. The van der Waals surface area contributed by atoms with E-state index in [-0.39, 0.29) is 5.56 Å². The van der Waals surface area contributed by atoms with Crippen molar-refractivity contribution >= 4 is 17.5 Å². The van der Waals surface area contributed by atoms with Gasteiger partial charge < -0.3 is 9.64 Å². The summed E-state index contributed by atoms with van der Waals surface area (Å²) in [6.45, 7) is 4.84. The van der Waals surface area contributed by atoms with E-state index in [1.807, 2.05) is 6.92 Å². The lowest BCUT2D eigenvalue weighted by Gasteiger charge is -2.27. The zero-order valence-electron chi connectivity index (χ0n) is 14.3. The van der Waals surface area contributed by atoms with Crippen LogP contribution in [-0.2, 0) is 4.74 Å². The number of nitrogens with zero attached hydrogens (tertiary/aromatic N) is 4. The van der Waals surface area contributed by atoms with Crippen LogP contribution in [0.15, 0.2) is 41.3 Å². The van der Waals surface area contributed by atoms with E-state index in [0.717, 1.165) is 24.3 Å². The Kier molecular flexibility index (Phi) is 4.48. The number of benzene rings is 1. The molecule has 4 rings (SSSR count). The summed E-state index contributed by atoms with van der Waals surface area (Å²) in [7, 11) is 0. The number of anilines is 1. The van der Waals surface area contributed by atoms with Crippen molar-refractivity contribution in [3.63, 3.8) is 0 Å². The number of halogens is 1. The van der Waals surface area contributed by atoms with E-state index in [1.54, 1.807) is 36.5 Å². The first-order valence-corrected chi connectivity index (χ1v) is 8.74. The summed E-state index contributed by atoms with van der Waals surface area (Å²) in [6.07, 6.45) is 1.75. The highest BCUT2D eigenvalue weighted by Crippen LogP contribution is 2.22. The maximum Gasteiger partial charge on any atom is 0.271 e. The molecule has 0 aliphatic carbocycles. The van der Waals surface area contributed by atoms with Gasteiger partial charge in [0.15, 0.2) is 0 Å². The minimum absolute atomic E-state index is 0.154. The summed E-state index contributed by atoms with van der Waals surface area (Å²) in [5.74, 6) is 0.689. The standard InChI is InChI=1S/C18H18ClN5O2/c1-12-15(11-20-18(21-12)23-6-8-26-9-7-23)16-10-17(25)24(22-16)14-4-2-13(19)3-5-14/h2-5,10-11,22H,6-9H2,1H3. The molecule has 3 aromatic rings. The molecule has 8 heteroatoms. The summed E-state index contributed by atoms with van der Waals surface area (Å²) >= 11 is 5.91. The lowest BCUT2D eigenvalue weighted by molar-refractivity contribution is 0.122. The molecule has 0 saturated carbocycles. The fourth-order valence-electron chi connectivity index (χ4n) is 2.95. The monoisotopic (exact) mass is 371 g/mol. The number of rotatable bonds is 3. The second-order valence-electron chi connectivity index (χ2n) is 6.09. The second-order valence-corrected chi connectivity index (χ2v) is 6.52. The molecule has 134 valence electrons. The number of hydrogen-bond donors (Lipinski definition) is 1. The molecule has 2 aromatic heterocycles. The maximum atomic E-state index is 12.4. The number of hydrogen-bond acceptors (Lipinski definition) is 5. The molecule has 3 heterocycles. The van der Waals surface area contributed by atoms with Gasteiger partial charge in [-0.2, -0.15) is 0 Å². The lowest BCUT2D eigenvalue weighted by Crippen LogP contribution is -2.37. The topological polar surface area (TPSA) is 76.0 Å². The van der Waals surface area contributed by atoms with Crippen molar-refractivity contribution in [3.8, 4) is 16.9 Å². The summed E-state index contributed by atoms with van der Waals surface area (Å²) in [5.41, 5.74) is 2.85. The third-order valence-corrected chi connectivity index (χ3v) is 4.61. The number of ether oxygens (including phenoxy) is 1. The van der Waals surface area contributed by atoms with Crippen molar-refractivity contribution in [2.75, 3.05) is 31.2 Å². The van der Waals surface area contributed by atoms with Crippen molar-refractivity contribution in [1.29, 1.82) is 0 Å². The van der Waals surface area contributed by atoms with Gasteiger partial charge in [0.05, 0.1) is 30.3 Å². The summed E-state index contributed by atoms with van der Waals surface area (Å²) < 4.78 is 6.84. The Morgan fingerprint density at radius 2 is 1.92 bits per heavy atom. The molecule has 0 radical (unpaired) electrons. The smallest absolute Gasteiger partial charge is 0.271 e. The highest BCUT2D eigenvalue weighted by atomic mass is 35.5. The van der Waals surface area contributed by atoms with E-state index in [2.05, 4.69) is 20.0 Å². The van der Waals surface area contributed by atoms with Crippen molar-refractivity contribution in [2.45, 2.75) is 6.92 Å². The zero-order chi connectivity index (χ0) is 18.1.